The van der Waals surface area contributed by atoms with Gasteiger partial charge in [0.05, 0.1) is 0 Å². The number of furan rings is 1. The van der Waals surface area contributed by atoms with Crippen LogP contribution in [0.15, 0.2) is 180 Å². The molecule has 0 saturated heterocycles. The maximum atomic E-state index is 6.30. The molecule has 0 atom stereocenters. The third kappa shape index (κ3) is 5.45. The van der Waals surface area contributed by atoms with E-state index in [1.165, 1.54) is 11.1 Å². The maximum Gasteiger partial charge on any atom is 0.164 e. The molecule has 230 valence electrons. The van der Waals surface area contributed by atoms with E-state index in [4.69, 9.17) is 19.4 Å². The van der Waals surface area contributed by atoms with E-state index in [0.29, 0.717) is 17.5 Å². The van der Waals surface area contributed by atoms with Crippen LogP contribution in [0.5, 0.6) is 0 Å². The molecule has 0 radical (unpaired) electrons. The summed E-state index contributed by atoms with van der Waals surface area (Å²) in [5, 5.41) is 2.18. The fourth-order valence-electron chi connectivity index (χ4n) is 6.52. The zero-order chi connectivity index (χ0) is 32.6. The molecule has 0 fully saturated rings. The van der Waals surface area contributed by atoms with Crippen LogP contribution in [0.4, 0.5) is 0 Å². The highest BCUT2D eigenvalue weighted by molar-refractivity contribution is 6.12. The first-order valence-electron chi connectivity index (χ1n) is 16.4. The predicted octanol–water partition coefficient (Wildman–Crippen LogP) is 11.8. The quantitative estimate of drug-likeness (QED) is 0.184. The van der Waals surface area contributed by atoms with Gasteiger partial charge in [0.1, 0.15) is 11.2 Å². The normalized spacial score (nSPS) is 11.3. The Balaban J connectivity index is 1.27. The van der Waals surface area contributed by atoms with Crippen molar-refractivity contribution < 1.29 is 4.42 Å². The third-order valence-electron chi connectivity index (χ3n) is 8.93. The molecule has 49 heavy (non-hydrogen) atoms. The third-order valence-corrected chi connectivity index (χ3v) is 8.93. The van der Waals surface area contributed by atoms with Crippen LogP contribution in [0.3, 0.4) is 0 Å². The van der Waals surface area contributed by atoms with Gasteiger partial charge in [-0.3, -0.25) is 0 Å². The lowest BCUT2D eigenvalue weighted by Crippen LogP contribution is -2.00. The minimum atomic E-state index is 0.612. The van der Waals surface area contributed by atoms with E-state index in [2.05, 4.69) is 91.0 Å². The number of benzene rings is 7. The van der Waals surface area contributed by atoms with E-state index >= 15 is 0 Å². The highest BCUT2D eigenvalue weighted by Crippen LogP contribution is 2.40. The van der Waals surface area contributed by atoms with Gasteiger partial charge in [-0.25, -0.2) is 15.0 Å². The molecule has 0 aliphatic carbocycles. The first kappa shape index (κ1) is 28.6. The second-order valence-electron chi connectivity index (χ2n) is 12.1. The maximum absolute atomic E-state index is 6.30. The lowest BCUT2D eigenvalue weighted by molar-refractivity contribution is 0.669. The van der Waals surface area contributed by atoms with Crippen LogP contribution in [0.2, 0.25) is 0 Å². The van der Waals surface area contributed by atoms with Crippen molar-refractivity contribution in [1.29, 1.82) is 0 Å². The number of rotatable bonds is 6. The fourth-order valence-corrected chi connectivity index (χ4v) is 6.52. The topological polar surface area (TPSA) is 51.8 Å². The summed E-state index contributed by atoms with van der Waals surface area (Å²) in [7, 11) is 0. The lowest BCUT2D eigenvalue weighted by Gasteiger charge is -2.13. The number of nitrogens with zero attached hydrogens (tertiary/aromatic N) is 3. The number of aromatic nitrogens is 3. The van der Waals surface area contributed by atoms with E-state index in [1.54, 1.807) is 0 Å². The molecule has 2 aromatic heterocycles. The van der Waals surface area contributed by atoms with Gasteiger partial charge >= 0.3 is 0 Å². The Bertz CT molecular complexity index is 2520. The Hall–Kier alpha value is -6.65. The summed E-state index contributed by atoms with van der Waals surface area (Å²) < 4.78 is 6.30. The molecule has 0 amide bonds. The second kappa shape index (κ2) is 12.2. The zero-order valence-electron chi connectivity index (χ0n) is 26.5. The smallest absolute Gasteiger partial charge is 0.164 e. The molecule has 4 heteroatoms. The van der Waals surface area contributed by atoms with Gasteiger partial charge in [0.2, 0.25) is 0 Å². The zero-order valence-corrected chi connectivity index (χ0v) is 26.5. The van der Waals surface area contributed by atoms with E-state index in [9.17, 15) is 0 Å². The average molecular weight is 628 g/mol. The molecular formula is C45H29N3O. The van der Waals surface area contributed by atoms with Crippen molar-refractivity contribution in [2.45, 2.75) is 0 Å². The summed E-state index contributed by atoms with van der Waals surface area (Å²) in [6.45, 7) is 0. The molecule has 0 unspecified atom stereocenters. The van der Waals surface area contributed by atoms with Gasteiger partial charge in [-0.15, -0.1) is 0 Å². The van der Waals surface area contributed by atoms with E-state index in [0.717, 1.165) is 60.9 Å². The molecule has 0 aliphatic heterocycles. The Morgan fingerprint density at radius 2 is 0.755 bits per heavy atom. The minimum absolute atomic E-state index is 0.612. The average Bonchev–Trinajstić information content (AvgIpc) is 3.58. The molecular weight excluding hydrogens is 599 g/mol. The van der Waals surface area contributed by atoms with Gasteiger partial charge in [0, 0.05) is 27.5 Å². The van der Waals surface area contributed by atoms with Crippen LogP contribution < -0.4 is 0 Å². The van der Waals surface area contributed by atoms with Crippen molar-refractivity contribution in [3.8, 4) is 67.5 Å². The standard InChI is InChI=1S/C45H29N3O/c1-4-13-30(14-5-1)31-23-25-32(26-24-31)35-27-36(38-20-12-22-41-42(38)39-19-10-11-21-40(39)49-41)29-37(28-35)45-47-43(33-15-6-2-7-16-33)46-44(48-45)34-17-8-3-9-18-34/h1-29H. The number of hydrogen-bond acceptors (Lipinski definition) is 4. The first-order chi connectivity index (χ1) is 24.3. The van der Waals surface area contributed by atoms with Gasteiger partial charge in [-0.2, -0.15) is 0 Å². The van der Waals surface area contributed by atoms with Crippen molar-refractivity contribution in [3.05, 3.63) is 176 Å². The highest BCUT2D eigenvalue weighted by Gasteiger charge is 2.17. The van der Waals surface area contributed by atoms with E-state index < -0.39 is 0 Å². The number of hydrogen-bond donors (Lipinski definition) is 0. The number of fused-ring (bicyclic) bond motifs is 3. The lowest BCUT2D eigenvalue weighted by atomic mass is 9.92. The number of para-hydroxylation sites is 1. The first-order valence-corrected chi connectivity index (χ1v) is 16.4. The second-order valence-corrected chi connectivity index (χ2v) is 12.1. The Kier molecular flexibility index (Phi) is 7.10. The molecule has 4 nitrogen and oxygen atoms in total. The molecule has 2 heterocycles. The van der Waals surface area contributed by atoms with Crippen LogP contribution >= 0.6 is 0 Å². The Morgan fingerprint density at radius 1 is 0.306 bits per heavy atom. The largest absolute Gasteiger partial charge is 0.456 e. The highest BCUT2D eigenvalue weighted by atomic mass is 16.3. The molecule has 0 aliphatic rings. The molecule has 7 aromatic carbocycles. The van der Waals surface area contributed by atoms with Gasteiger partial charge in [0.25, 0.3) is 0 Å². The minimum Gasteiger partial charge on any atom is -0.456 e. The molecule has 0 N–H and O–H groups in total. The Labute approximate surface area is 284 Å². The van der Waals surface area contributed by atoms with Gasteiger partial charge in [0.15, 0.2) is 17.5 Å². The van der Waals surface area contributed by atoms with Crippen molar-refractivity contribution in [1.82, 2.24) is 15.0 Å². The van der Waals surface area contributed by atoms with E-state index in [-0.39, 0.29) is 0 Å². The monoisotopic (exact) mass is 627 g/mol. The van der Waals surface area contributed by atoms with Crippen LogP contribution in [-0.2, 0) is 0 Å². The summed E-state index contributed by atoms with van der Waals surface area (Å²) in [5.41, 5.74) is 11.2. The van der Waals surface area contributed by atoms with Crippen LogP contribution in [-0.4, -0.2) is 15.0 Å². The van der Waals surface area contributed by atoms with Crippen molar-refractivity contribution in [2.75, 3.05) is 0 Å². The molecule has 0 saturated carbocycles. The van der Waals surface area contributed by atoms with Gasteiger partial charge in [-0.1, -0.05) is 146 Å². The van der Waals surface area contributed by atoms with Gasteiger partial charge < -0.3 is 4.42 Å². The molecule has 0 bridgehead atoms. The fraction of sp³-hybridized carbons (Fsp3) is 0. The van der Waals surface area contributed by atoms with Crippen LogP contribution in [0.1, 0.15) is 0 Å². The van der Waals surface area contributed by atoms with Crippen LogP contribution in [0.25, 0.3) is 89.5 Å². The van der Waals surface area contributed by atoms with Crippen molar-refractivity contribution in [3.63, 3.8) is 0 Å². The van der Waals surface area contributed by atoms with Crippen molar-refractivity contribution in [2.24, 2.45) is 0 Å². The van der Waals surface area contributed by atoms with Crippen molar-refractivity contribution >= 4 is 21.9 Å². The molecule has 0 spiro atoms. The SMILES string of the molecule is c1ccc(-c2ccc(-c3cc(-c4nc(-c5ccccc5)nc(-c5ccccc5)n4)cc(-c4cccc5oc6ccccc6c45)c3)cc2)cc1. The predicted molar refractivity (Wildman–Crippen MR) is 200 cm³/mol. The molecule has 9 aromatic rings. The van der Waals surface area contributed by atoms with E-state index in [1.807, 2.05) is 84.9 Å². The molecule has 9 rings (SSSR count). The summed E-state index contributed by atoms with van der Waals surface area (Å²) in [6.07, 6.45) is 0. The summed E-state index contributed by atoms with van der Waals surface area (Å²) in [6, 6.07) is 60.5. The summed E-state index contributed by atoms with van der Waals surface area (Å²) in [5.74, 6) is 1.87. The van der Waals surface area contributed by atoms with Crippen LogP contribution in [0, 0.1) is 0 Å². The summed E-state index contributed by atoms with van der Waals surface area (Å²) >= 11 is 0. The Morgan fingerprint density at radius 3 is 1.39 bits per heavy atom. The van der Waals surface area contributed by atoms with Gasteiger partial charge in [-0.05, 0) is 63.7 Å². The summed E-state index contributed by atoms with van der Waals surface area (Å²) in [4.78, 5) is 15.1.